The predicted octanol–water partition coefficient (Wildman–Crippen LogP) is 6.15. The van der Waals surface area contributed by atoms with Gasteiger partial charge in [-0.1, -0.05) is 39.8 Å². The summed E-state index contributed by atoms with van der Waals surface area (Å²) in [5.41, 5.74) is 6.01. The topological polar surface area (TPSA) is 33.5 Å². The predicted molar refractivity (Wildman–Crippen MR) is 118 cm³/mol. The lowest BCUT2D eigenvalue weighted by Gasteiger charge is -2.42. The number of hydrogen-bond donors (Lipinski definition) is 0. The van der Waals surface area contributed by atoms with E-state index >= 15 is 0 Å². The number of furan rings is 1. The van der Waals surface area contributed by atoms with Gasteiger partial charge < -0.3 is 9.32 Å². The van der Waals surface area contributed by atoms with Gasteiger partial charge >= 0.3 is 0 Å². The number of carbonyl (C=O) groups excluding carboxylic acids is 1. The first-order chi connectivity index (χ1) is 13.6. The number of nitrogens with zero attached hydrogens (tertiary/aromatic N) is 1. The molecule has 1 aromatic heterocycles. The Hall–Kier alpha value is -2.03. The highest BCUT2D eigenvalue weighted by molar-refractivity contribution is 5.92. The first kappa shape index (κ1) is 20.3. The van der Waals surface area contributed by atoms with Gasteiger partial charge in [0.05, 0.1) is 0 Å². The zero-order chi connectivity index (χ0) is 21.0. The molecule has 0 radical (unpaired) electrons. The minimum atomic E-state index is 0.0336. The van der Waals surface area contributed by atoms with E-state index in [0.29, 0.717) is 11.8 Å². The maximum Gasteiger partial charge on any atom is 0.289 e. The Morgan fingerprint density at radius 2 is 1.76 bits per heavy atom. The molecule has 0 bridgehead atoms. The lowest BCUT2D eigenvalue weighted by Crippen LogP contribution is -2.34. The Morgan fingerprint density at radius 3 is 2.38 bits per heavy atom. The molecule has 3 heteroatoms. The van der Waals surface area contributed by atoms with Crippen molar-refractivity contribution in [3.8, 4) is 0 Å². The summed E-state index contributed by atoms with van der Waals surface area (Å²) in [6, 6.07) is 8.93. The van der Waals surface area contributed by atoms with Crippen LogP contribution in [0.5, 0.6) is 0 Å². The second-order valence-corrected chi connectivity index (χ2v) is 10.5. The highest BCUT2D eigenvalue weighted by atomic mass is 16.4. The Labute approximate surface area is 175 Å². The Morgan fingerprint density at radius 1 is 1.10 bits per heavy atom. The minimum absolute atomic E-state index is 0.0336. The van der Waals surface area contributed by atoms with E-state index < -0.39 is 0 Å². The molecule has 1 amide bonds. The third kappa shape index (κ3) is 3.65. The SMILES string of the molecule is Cc1cc2c(cc1Cc1ccc(C(=O)N3CCCC3C)o1)C(C)(C)CCC2(C)C. The molecule has 2 heterocycles. The van der Waals surface area contributed by atoms with Gasteiger partial charge in [-0.2, -0.15) is 0 Å². The molecule has 1 atom stereocenters. The van der Waals surface area contributed by atoms with Crippen molar-refractivity contribution < 1.29 is 9.21 Å². The van der Waals surface area contributed by atoms with Gasteiger partial charge in [-0.05, 0) is 84.7 Å². The number of carbonyl (C=O) groups is 1. The van der Waals surface area contributed by atoms with E-state index in [1.54, 1.807) is 0 Å². The van der Waals surface area contributed by atoms with Crippen molar-refractivity contribution in [1.82, 2.24) is 4.90 Å². The van der Waals surface area contributed by atoms with Gasteiger partial charge in [-0.15, -0.1) is 0 Å². The molecule has 0 N–H and O–H groups in total. The summed E-state index contributed by atoms with van der Waals surface area (Å²) < 4.78 is 6.01. The third-order valence-electron chi connectivity index (χ3n) is 7.36. The zero-order valence-electron chi connectivity index (χ0n) is 18.9. The van der Waals surface area contributed by atoms with E-state index in [0.717, 1.165) is 31.6 Å². The lowest BCUT2D eigenvalue weighted by atomic mass is 9.62. The second-order valence-electron chi connectivity index (χ2n) is 10.5. The van der Waals surface area contributed by atoms with Crippen LogP contribution in [0.1, 0.15) is 98.9 Å². The van der Waals surface area contributed by atoms with E-state index in [2.05, 4.69) is 53.7 Å². The number of fused-ring (bicyclic) bond motifs is 1. The smallest absolute Gasteiger partial charge is 0.289 e. The second kappa shape index (κ2) is 7.04. The molecule has 2 aliphatic rings. The number of amides is 1. The van der Waals surface area contributed by atoms with Crippen LogP contribution in [0.25, 0.3) is 0 Å². The van der Waals surface area contributed by atoms with Gasteiger partial charge in [0.25, 0.3) is 5.91 Å². The largest absolute Gasteiger partial charge is 0.456 e. The van der Waals surface area contributed by atoms with Crippen LogP contribution in [0.4, 0.5) is 0 Å². The quantitative estimate of drug-likeness (QED) is 0.626. The highest BCUT2D eigenvalue weighted by Gasteiger charge is 2.37. The van der Waals surface area contributed by atoms with Crippen LogP contribution in [0.15, 0.2) is 28.7 Å². The molecule has 1 aromatic carbocycles. The van der Waals surface area contributed by atoms with E-state index in [1.807, 2.05) is 17.0 Å². The van der Waals surface area contributed by atoms with Crippen LogP contribution in [-0.2, 0) is 17.3 Å². The molecule has 4 rings (SSSR count). The number of rotatable bonds is 3. The van der Waals surface area contributed by atoms with Gasteiger partial charge in [-0.25, -0.2) is 0 Å². The standard InChI is InChI=1S/C26H35NO2/c1-17-14-21-22(26(5,6)12-11-25(21,3)4)16-19(17)15-20-9-10-23(29-20)24(28)27-13-7-8-18(27)2/h9-10,14,16,18H,7-8,11-13,15H2,1-6H3. The molecule has 0 spiro atoms. The summed E-state index contributed by atoms with van der Waals surface area (Å²) in [6.45, 7) is 14.6. The number of aryl methyl sites for hydroxylation is 1. The first-order valence-electron chi connectivity index (χ1n) is 11.1. The zero-order valence-corrected chi connectivity index (χ0v) is 18.9. The fraction of sp³-hybridized carbons (Fsp3) is 0.577. The molecular weight excluding hydrogens is 358 g/mol. The molecule has 0 saturated carbocycles. The summed E-state index contributed by atoms with van der Waals surface area (Å²) >= 11 is 0. The fourth-order valence-corrected chi connectivity index (χ4v) is 5.11. The van der Waals surface area contributed by atoms with Crippen molar-refractivity contribution in [2.75, 3.05) is 6.54 Å². The molecule has 3 nitrogen and oxygen atoms in total. The summed E-state index contributed by atoms with van der Waals surface area (Å²) in [5, 5.41) is 0. The van der Waals surface area contributed by atoms with Crippen LogP contribution in [0, 0.1) is 6.92 Å². The van der Waals surface area contributed by atoms with E-state index in [9.17, 15) is 4.79 Å². The van der Waals surface area contributed by atoms with Crippen molar-refractivity contribution >= 4 is 5.91 Å². The monoisotopic (exact) mass is 393 g/mol. The van der Waals surface area contributed by atoms with Crippen molar-refractivity contribution in [3.63, 3.8) is 0 Å². The lowest BCUT2D eigenvalue weighted by molar-refractivity contribution is 0.0713. The van der Waals surface area contributed by atoms with Crippen LogP contribution < -0.4 is 0 Å². The van der Waals surface area contributed by atoms with Crippen LogP contribution in [0.3, 0.4) is 0 Å². The number of hydrogen-bond acceptors (Lipinski definition) is 2. The van der Waals surface area contributed by atoms with E-state index in [4.69, 9.17) is 4.42 Å². The fourth-order valence-electron chi connectivity index (χ4n) is 5.11. The summed E-state index contributed by atoms with van der Waals surface area (Å²) in [7, 11) is 0. The van der Waals surface area contributed by atoms with Crippen molar-refractivity contribution in [3.05, 3.63) is 58.0 Å². The van der Waals surface area contributed by atoms with Gasteiger partial charge in [0.1, 0.15) is 5.76 Å². The molecule has 1 saturated heterocycles. The molecule has 29 heavy (non-hydrogen) atoms. The molecule has 156 valence electrons. The normalized spacial score (nSPS) is 22.6. The molecular formula is C26H35NO2. The third-order valence-corrected chi connectivity index (χ3v) is 7.36. The van der Waals surface area contributed by atoms with Crippen LogP contribution >= 0.6 is 0 Å². The van der Waals surface area contributed by atoms with Crippen molar-refractivity contribution in [2.45, 2.75) is 90.5 Å². The minimum Gasteiger partial charge on any atom is -0.456 e. The summed E-state index contributed by atoms with van der Waals surface area (Å²) in [4.78, 5) is 14.7. The van der Waals surface area contributed by atoms with E-state index in [1.165, 1.54) is 35.1 Å². The molecule has 1 unspecified atom stereocenters. The van der Waals surface area contributed by atoms with Crippen LogP contribution in [-0.4, -0.2) is 23.4 Å². The summed E-state index contributed by atoms with van der Waals surface area (Å²) in [5.74, 6) is 1.38. The molecule has 1 aliphatic carbocycles. The Kier molecular flexibility index (Phi) is 4.91. The number of benzene rings is 1. The highest BCUT2D eigenvalue weighted by Crippen LogP contribution is 2.46. The van der Waals surface area contributed by atoms with Gasteiger partial charge in [0.2, 0.25) is 0 Å². The van der Waals surface area contributed by atoms with Gasteiger partial charge in [-0.3, -0.25) is 4.79 Å². The maximum atomic E-state index is 12.8. The average Bonchev–Trinajstić information content (AvgIpc) is 3.29. The first-order valence-corrected chi connectivity index (χ1v) is 11.1. The maximum absolute atomic E-state index is 12.8. The van der Waals surface area contributed by atoms with E-state index in [-0.39, 0.29) is 16.7 Å². The summed E-state index contributed by atoms with van der Waals surface area (Å²) in [6.07, 6.45) is 5.34. The van der Waals surface area contributed by atoms with Crippen molar-refractivity contribution in [2.24, 2.45) is 0 Å². The van der Waals surface area contributed by atoms with Gasteiger partial charge in [0.15, 0.2) is 5.76 Å². The number of likely N-dealkylation sites (tertiary alicyclic amines) is 1. The Balaban J connectivity index is 1.61. The molecule has 2 aromatic rings. The Bertz CT molecular complexity index is 934. The van der Waals surface area contributed by atoms with Crippen LogP contribution in [0.2, 0.25) is 0 Å². The molecule has 1 fully saturated rings. The average molecular weight is 394 g/mol. The van der Waals surface area contributed by atoms with Gasteiger partial charge in [0, 0.05) is 19.0 Å². The molecule has 1 aliphatic heterocycles. The van der Waals surface area contributed by atoms with Crippen molar-refractivity contribution in [1.29, 1.82) is 0 Å².